The van der Waals surface area contributed by atoms with Crippen LogP contribution in [0.1, 0.15) is 17.0 Å². The number of phenolic OH excluding ortho intramolecular Hbond substituents is 1. The molecular formula is C28H28N2O8S. The minimum atomic E-state index is -2.94. The molecule has 2 aromatic carbocycles. The van der Waals surface area contributed by atoms with Gasteiger partial charge in [-0.3, -0.25) is 19.3 Å². The number of hydrogen-bond acceptors (Lipinski definition) is 10. The Morgan fingerprint density at radius 2 is 1.72 bits per heavy atom. The Morgan fingerprint density at radius 1 is 1.05 bits per heavy atom. The number of primary amides is 1. The monoisotopic (exact) mass is 552 g/mol. The molecule has 0 bridgehead atoms. The molecule has 1 fully saturated rings. The summed E-state index contributed by atoms with van der Waals surface area (Å²) in [6, 6.07) is 12.6. The number of carbonyl (C=O) groups is 3. The number of nitrogens with zero attached hydrogens (tertiary/aromatic N) is 1. The highest BCUT2D eigenvalue weighted by Crippen LogP contribution is 2.56. The van der Waals surface area contributed by atoms with Crippen molar-refractivity contribution < 1.29 is 39.9 Å². The van der Waals surface area contributed by atoms with E-state index in [4.69, 9.17) is 5.73 Å². The lowest BCUT2D eigenvalue weighted by atomic mass is 9.54. The molecule has 10 nitrogen and oxygen atoms in total. The second-order valence-corrected chi connectivity index (χ2v) is 11.3. The Bertz CT molecular complexity index is 1450. The highest BCUT2D eigenvalue weighted by molar-refractivity contribution is 7.99. The fourth-order valence-corrected chi connectivity index (χ4v) is 7.40. The zero-order chi connectivity index (χ0) is 28.4. The van der Waals surface area contributed by atoms with E-state index in [1.807, 2.05) is 30.3 Å². The van der Waals surface area contributed by atoms with Crippen LogP contribution >= 0.6 is 11.8 Å². The summed E-state index contributed by atoms with van der Waals surface area (Å²) >= 11 is 1.43. The Kier molecular flexibility index (Phi) is 6.58. The van der Waals surface area contributed by atoms with E-state index in [-0.39, 0.29) is 11.3 Å². The number of benzene rings is 2. The van der Waals surface area contributed by atoms with E-state index in [0.717, 1.165) is 4.90 Å². The van der Waals surface area contributed by atoms with Crippen molar-refractivity contribution in [1.82, 2.24) is 4.90 Å². The lowest BCUT2D eigenvalue weighted by molar-refractivity contribution is -0.169. The third-order valence-electron chi connectivity index (χ3n) is 7.97. The summed E-state index contributed by atoms with van der Waals surface area (Å²) < 4.78 is 0. The number of fused-ring (bicyclic) bond motifs is 3. The fourth-order valence-electron chi connectivity index (χ4n) is 6.30. The molecule has 0 aromatic heterocycles. The van der Waals surface area contributed by atoms with Crippen LogP contribution in [-0.2, 0) is 14.4 Å². The maximum atomic E-state index is 14.1. The average Bonchev–Trinajstić information content (AvgIpc) is 2.88. The van der Waals surface area contributed by atoms with Crippen molar-refractivity contribution in [2.24, 2.45) is 17.6 Å². The smallest absolute Gasteiger partial charge is 0.255 e. The molecule has 0 unspecified atom stereocenters. The van der Waals surface area contributed by atoms with Crippen LogP contribution in [0.15, 0.2) is 70.3 Å². The van der Waals surface area contributed by atoms with E-state index in [2.05, 4.69) is 0 Å². The number of ketones is 2. The number of rotatable bonds is 5. The summed E-state index contributed by atoms with van der Waals surface area (Å²) in [5, 5.41) is 56.7. The molecule has 204 valence electrons. The number of amides is 1. The van der Waals surface area contributed by atoms with Gasteiger partial charge in [0.25, 0.3) is 5.91 Å². The molecule has 0 spiro atoms. The standard InChI is InChI=1S/C28H28N2O8S/c1-30(2)21-20-23(33)17-14(11-39-12-7-4-3-5-8-12)13-9-6-10-15(31)16(13)22(32)18(17)25(35)28(20,38)26(36)19(24(21)34)27(29)37/h3-10,14,17,20-21,23,31-33,36,38H,11H2,1-2H3,(H2,29,37)/t14-,17+,20+,21-,23-,28-/m0/s1. The second-order valence-electron chi connectivity index (χ2n) is 10.2. The van der Waals surface area contributed by atoms with Crippen molar-refractivity contribution in [3.05, 3.63) is 76.6 Å². The number of nitrogens with two attached hydrogens (primary N) is 1. The quantitative estimate of drug-likeness (QED) is 0.233. The highest BCUT2D eigenvalue weighted by atomic mass is 32.2. The maximum absolute atomic E-state index is 14.1. The van der Waals surface area contributed by atoms with Gasteiger partial charge in [-0.1, -0.05) is 30.3 Å². The van der Waals surface area contributed by atoms with Gasteiger partial charge in [-0.15, -0.1) is 11.8 Å². The van der Waals surface area contributed by atoms with Gasteiger partial charge in [-0.2, -0.15) is 0 Å². The second kappa shape index (κ2) is 9.53. The Hall–Kier alpha value is -3.64. The lowest BCUT2D eigenvalue weighted by Crippen LogP contribution is -2.70. The van der Waals surface area contributed by atoms with E-state index in [9.17, 15) is 39.9 Å². The van der Waals surface area contributed by atoms with Gasteiger partial charge in [0.05, 0.1) is 23.6 Å². The number of aliphatic hydroxyl groups is 4. The van der Waals surface area contributed by atoms with Gasteiger partial charge in [0.15, 0.2) is 11.4 Å². The summed E-state index contributed by atoms with van der Waals surface area (Å²) in [5.41, 5.74) is 1.51. The molecule has 0 radical (unpaired) electrons. The van der Waals surface area contributed by atoms with Gasteiger partial charge >= 0.3 is 0 Å². The molecule has 2 aromatic rings. The van der Waals surface area contributed by atoms with Crippen LogP contribution in [0.4, 0.5) is 0 Å². The van der Waals surface area contributed by atoms with Crippen molar-refractivity contribution in [3.63, 3.8) is 0 Å². The predicted octanol–water partition coefficient (Wildman–Crippen LogP) is 1.27. The van der Waals surface area contributed by atoms with Crippen molar-refractivity contribution >= 4 is 35.0 Å². The van der Waals surface area contributed by atoms with Crippen LogP contribution in [0.5, 0.6) is 5.75 Å². The largest absolute Gasteiger partial charge is 0.508 e. The SMILES string of the molecule is CN(C)[C@@H]1C(=O)C(C(N)=O)=C(O)[C@@]2(O)C(=O)C3=C(O)c4c(O)cccc4[C@H](CSc4ccccc4)[C@H]3[C@H](O)[C@@H]12. The lowest BCUT2D eigenvalue weighted by Gasteiger charge is -2.54. The maximum Gasteiger partial charge on any atom is 0.255 e. The molecule has 11 heteroatoms. The van der Waals surface area contributed by atoms with Gasteiger partial charge in [-0.05, 0) is 37.9 Å². The third-order valence-corrected chi connectivity index (χ3v) is 9.10. The predicted molar refractivity (Wildman–Crippen MR) is 142 cm³/mol. The van der Waals surface area contributed by atoms with Crippen molar-refractivity contribution in [1.29, 1.82) is 0 Å². The first-order valence-corrected chi connectivity index (χ1v) is 13.2. The van der Waals surface area contributed by atoms with Crippen molar-refractivity contribution in [2.45, 2.75) is 28.6 Å². The molecular weight excluding hydrogens is 524 g/mol. The Balaban J connectivity index is 1.75. The molecule has 6 atom stereocenters. The first kappa shape index (κ1) is 26.9. The van der Waals surface area contributed by atoms with E-state index in [1.54, 1.807) is 12.1 Å². The van der Waals surface area contributed by atoms with E-state index in [0.29, 0.717) is 11.3 Å². The van der Waals surface area contributed by atoms with Crippen molar-refractivity contribution in [2.75, 3.05) is 19.8 Å². The summed E-state index contributed by atoms with van der Waals surface area (Å²) in [6.07, 6.45) is -1.64. The zero-order valence-corrected chi connectivity index (χ0v) is 21.9. The van der Waals surface area contributed by atoms with Crippen LogP contribution < -0.4 is 5.73 Å². The van der Waals surface area contributed by atoms with E-state index < -0.39 is 75.6 Å². The zero-order valence-electron chi connectivity index (χ0n) is 21.1. The first-order chi connectivity index (χ1) is 18.4. The summed E-state index contributed by atoms with van der Waals surface area (Å²) in [4.78, 5) is 41.9. The molecule has 1 amide bonds. The van der Waals surface area contributed by atoms with Gasteiger partial charge in [0, 0.05) is 28.1 Å². The third kappa shape index (κ3) is 3.80. The normalized spacial score (nSPS) is 30.2. The Labute approximate surface area is 228 Å². The number of thioether (sulfide) groups is 1. The van der Waals surface area contributed by atoms with Crippen LogP contribution in [0.3, 0.4) is 0 Å². The number of aliphatic hydroxyl groups excluding tert-OH is 3. The van der Waals surface area contributed by atoms with Crippen LogP contribution in [0.25, 0.3) is 5.76 Å². The summed E-state index contributed by atoms with van der Waals surface area (Å²) in [5.74, 6) is -8.77. The van der Waals surface area contributed by atoms with E-state index in [1.165, 1.54) is 36.8 Å². The van der Waals surface area contributed by atoms with Gasteiger partial charge in [0.1, 0.15) is 22.8 Å². The minimum absolute atomic E-state index is 0.0281. The number of carbonyl (C=O) groups excluding carboxylic acids is 3. The molecule has 0 heterocycles. The van der Waals surface area contributed by atoms with Crippen LogP contribution in [0, 0.1) is 11.8 Å². The van der Waals surface area contributed by atoms with Gasteiger partial charge in [-0.25, -0.2) is 0 Å². The summed E-state index contributed by atoms with van der Waals surface area (Å²) in [7, 11) is 2.95. The van der Waals surface area contributed by atoms with E-state index >= 15 is 0 Å². The highest BCUT2D eigenvalue weighted by Gasteiger charge is 2.68. The fraction of sp³-hybridized carbons (Fsp3) is 0.321. The molecule has 3 aliphatic rings. The number of hydrogen-bond donors (Lipinski definition) is 6. The Morgan fingerprint density at radius 3 is 2.33 bits per heavy atom. The number of Topliss-reactive ketones (excluding diaryl/α,β-unsaturated/α-hetero) is 2. The number of likely N-dealkylation sites (N-methyl/N-ethyl adjacent to an activating group) is 1. The van der Waals surface area contributed by atoms with Crippen LogP contribution in [0.2, 0.25) is 0 Å². The van der Waals surface area contributed by atoms with Crippen molar-refractivity contribution in [3.8, 4) is 5.75 Å². The average molecular weight is 553 g/mol. The molecule has 3 aliphatic carbocycles. The number of aromatic hydroxyl groups is 1. The van der Waals surface area contributed by atoms with Gasteiger partial charge in [0.2, 0.25) is 5.78 Å². The number of phenols is 1. The molecule has 7 N–H and O–H groups in total. The minimum Gasteiger partial charge on any atom is -0.508 e. The molecule has 0 saturated heterocycles. The van der Waals surface area contributed by atoms with Gasteiger partial charge < -0.3 is 31.3 Å². The molecule has 1 saturated carbocycles. The molecule has 0 aliphatic heterocycles. The molecule has 5 rings (SSSR count). The van der Waals surface area contributed by atoms with Crippen LogP contribution in [-0.4, -0.2) is 85.5 Å². The molecule has 39 heavy (non-hydrogen) atoms. The summed E-state index contributed by atoms with van der Waals surface area (Å²) in [6.45, 7) is 0. The first-order valence-electron chi connectivity index (χ1n) is 12.3. The topological polar surface area (TPSA) is 182 Å².